The molecule has 0 radical (unpaired) electrons. The molecule has 5 nitrogen and oxygen atoms in total. The average molecular weight is 473 g/mol. The van der Waals surface area contributed by atoms with E-state index in [2.05, 4.69) is 25.7 Å². The van der Waals surface area contributed by atoms with Gasteiger partial charge in [-0.3, -0.25) is 4.79 Å². The van der Waals surface area contributed by atoms with Crippen molar-refractivity contribution in [3.8, 4) is 11.8 Å². The first kappa shape index (κ1) is 24.6. The summed E-state index contributed by atoms with van der Waals surface area (Å²) in [5.41, 5.74) is -0.716. The van der Waals surface area contributed by atoms with Gasteiger partial charge in [0.25, 0.3) is 0 Å². The van der Waals surface area contributed by atoms with Gasteiger partial charge in [-0.15, -0.1) is 0 Å². The fraction of sp³-hybridized carbons (Fsp3) is 0.897. The zero-order valence-corrected chi connectivity index (χ0v) is 21.4. The maximum absolute atomic E-state index is 11.8. The molecule has 9 atom stereocenters. The van der Waals surface area contributed by atoms with Crippen LogP contribution in [0.1, 0.15) is 97.8 Å². The molecule has 0 bridgehead atoms. The fourth-order valence-corrected chi connectivity index (χ4v) is 8.94. The van der Waals surface area contributed by atoms with Crippen LogP contribution >= 0.6 is 0 Å². The first-order chi connectivity index (χ1) is 16.3. The molecular weight excluding hydrogens is 428 g/mol. The summed E-state index contributed by atoms with van der Waals surface area (Å²) in [6.07, 6.45) is 12.9. The first-order valence-electron chi connectivity index (χ1n) is 13.9. The van der Waals surface area contributed by atoms with E-state index in [1.807, 2.05) is 0 Å². The Hall–Kier alpha value is -1.09. The van der Waals surface area contributed by atoms with Gasteiger partial charge in [0.05, 0.1) is 0 Å². The van der Waals surface area contributed by atoms with Gasteiger partial charge in [0, 0.05) is 18.9 Å². The van der Waals surface area contributed by atoms with E-state index in [0.29, 0.717) is 35.7 Å². The van der Waals surface area contributed by atoms with E-state index in [1.54, 1.807) is 0 Å². The van der Waals surface area contributed by atoms with Gasteiger partial charge in [0.1, 0.15) is 18.3 Å². The molecule has 0 amide bonds. The predicted molar refractivity (Wildman–Crippen MR) is 130 cm³/mol. The Balaban J connectivity index is 1.25. The Labute approximate surface area is 205 Å². The third-order valence-electron chi connectivity index (χ3n) is 10.9. The van der Waals surface area contributed by atoms with Gasteiger partial charge < -0.3 is 19.3 Å². The molecule has 0 aromatic carbocycles. The Bertz CT molecular complexity index is 824. The van der Waals surface area contributed by atoms with E-state index in [1.165, 1.54) is 26.2 Å². The highest BCUT2D eigenvalue weighted by Crippen LogP contribution is 2.68. The molecule has 0 spiro atoms. The molecule has 4 unspecified atom stereocenters. The topological polar surface area (TPSA) is 65.0 Å². The minimum atomic E-state index is -0.913. The lowest BCUT2D eigenvalue weighted by atomic mass is 9.44. The number of hydrogen-bond acceptors (Lipinski definition) is 5. The molecule has 190 valence electrons. The van der Waals surface area contributed by atoms with Crippen molar-refractivity contribution in [3.05, 3.63) is 0 Å². The quantitative estimate of drug-likeness (QED) is 0.450. The second kappa shape index (κ2) is 9.41. The van der Waals surface area contributed by atoms with Crippen molar-refractivity contribution in [2.45, 2.75) is 116 Å². The summed E-state index contributed by atoms with van der Waals surface area (Å²) < 4.78 is 17.1. The van der Waals surface area contributed by atoms with Crippen molar-refractivity contribution in [1.82, 2.24) is 0 Å². The van der Waals surface area contributed by atoms with Crippen LogP contribution in [0.4, 0.5) is 0 Å². The van der Waals surface area contributed by atoms with E-state index >= 15 is 0 Å². The summed E-state index contributed by atoms with van der Waals surface area (Å²) in [7, 11) is 0. The fourth-order valence-electron chi connectivity index (χ4n) is 8.94. The summed E-state index contributed by atoms with van der Waals surface area (Å²) >= 11 is 0. The van der Waals surface area contributed by atoms with Crippen LogP contribution in [-0.4, -0.2) is 42.3 Å². The van der Waals surface area contributed by atoms with E-state index in [4.69, 9.17) is 14.2 Å². The van der Waals surface area contributed by atoms with E-state index in [9.17, 15) is 9.90 Å². The average Bonchev–Trinajstić information content (AvgIpc) is 3.08. The van der Waals surface area contributed by atoms with Crippen LogP contribution in [-0.2, 0) is 19.0 Å². The lowest BCUT2D eigenvalue weighted by molar-refractivity contribution is -0.164. The molecule has 4 aliphatic carbocycles. The standard InChI is InChI=1S/C29H44O5/c1-20(30)34-22-10-14-27(2)21(19-22)8-9-23-24(27)11-15-28(3)25(23)12-16-29(28,31)13-6-18-33-26-7-4-5-17-32-26/h21-26,31H,4-5,7-12,14-19H2,1-3H3/t21?,22?,23-,24-,25+,26?,27+,28+,29?/m1/s1. The molecule has 5 aliphatic rings. The second-order valence-corrected chi connectivity index (χ2v) is 12.4. The largest absolute Gasteiger partial charge is 0.463 e. The van der Waals surface area contributed by atoms with Crippen molar-refractivity contribution in [1.29, 1.82) is 0 Å². The van der Waals surface area contributed by atoms with Gasteiger partial charge in [-0.2, -0.15) is 0 Å². The van der Waals surface area contributed by atoms with Crippen LogP contribution in [0.25, 0.3) is 0 Å². The van der Waals surface area contributed by atoms with Crippen LogP contribution in [0.3, 0.4) is 0 Å². The number of aliphatic hydroxyl groups is 1. The number of ether oxygens (including phenoxy) is 3. The Morgan fingerprint density at radius 3 is 2.62 bits per heavy atom. The van der Waals surface area contributed by atoms with E-state index in [0.717, 1.165) is 64.4 Å². The zero-order valence-electron chi connectivity index (χ0n) is 21.4. The van der Waals surface area contributed by atoms with E-state index < -0.39 is 5.60 Å². The molecule has 4 saturated carbocycles. The van der Waals surface area contributed by atoms with Crippen molar-refractivity contribution in [2.24, 2.45) is 34.5 Å². The normalized spacial score (nSPS) is 48.0. The van der Waals surface area contributed by atoms with Gasteiger partial charge in [0.15, 0.2) is 6.29 Å². The number of carbonyl (C=O) groups is 1. The molecule has 0 aromatic rings. The molecule has 1 saturated heterocycles. The molecular formula is C29H44O5. The molecule has 5 rings (SSSR count). The number of rotatable bonds is 3. The maximum atomic E-state index is 11.8. The van der Waals surface area contributed by atoms with Crippen LogP contribution in [0, 0.1) is 46.3 Å². The van der Waals surface area contributed by atoms with Gasteiger partial charge >= 0.3 is 5.97 Å². The van der Waals surface area contributed by atoms with Crippen LogP contribution in [0.2, 0.25) is 0 Å². The smallest absolute Gasteiger partial charge is 0.302 e. The molecule has 1 aliphatic heterocycles. The third-order valence-corrected chi connectivity index (χ3v) is 10.9. The number of carbonyl (C=O) groups excluding carboxylic acids is 1. The minimum absolute atomic E-state index is 0.106. The Morgan fingerprint density at radius 1 is 1.03 bits per heavy atom. The summed E-state index contributed by atoms with van der Waals surface area (Å²) in [6, 6.07) is 0. The molecule has 1 heterocycles. The van der Waals surface area contributed by atoms with Crippen LogP contribution in [0.15, 0.2) is 0 Å². The number of esters is 1. The Kier molecular flexibility index (Phi) is 6.81. The maximum Gasteiger partial charge on any atom is 0.302 e. The highest BCUT2D eigenvalue weighted by molar-refractivity contribution is 5.66. The monoisotopic (exact) mass is 472 g/mol. The van der Waals surface area contributed by atoms with Gasteiger partial charge in [0.2, 0.25) is 0 Å². The van der Waals surface area contributed by atoms with Crippen LogP contribution < -0.4 is 0 Å². The van der Waals surface area contributed by atoms with E-state index in [-0.39, 0.29) is 23.8 Å². The SMILES string of the molecule is CC(=O)OC1CC[C@@]2(C)C(CC[C@@H]3[C@H]2CC[C@@]2(C)[C@H]3CCC2(O)C#CCOC2CCCCO2)C1. The lowest BCUT2D eigenvalue weighted by Crippen LogP contribution is -2.56. The van der Waals surface area contributed by atoms with Gasteiger partial charge in [-0.1, -0.05) is 25.7 Å². The Morgan fingerprint density at radius 2 is 1.85 bits per heavy atom. The zero-order chi connectivity index (χ0) is 24.0. The van der Waals surface area contributed by atoms with Crippen molar-refractivity contribution in [3.63, 3.8) is 0 Å². The van der Waals surface area contributed by atoms with Crippen molar-refractivity contribution >= 4 is 5.97 Å². The second-order valence-electron chi connectivity index (χ2n) is 12.4. The molecule has 5 heteroatoms. The highest BCUT2D eigenvalue weighted by Gasteiger charge is 2.64. The summed E-state index contributed by atoms with van der Waals surface area (Å²) in [5.74, 6) is 8.91. The minimum Gasteiger partial charge on any atom is -0.463 e. The third kappa shape index (κ3) is 4.22. The predicted octanol–water partition coefficient (Wildman–Crippen LogP) is 5.24. The molecule has 34 heavy (non-hydrogen) atoms. The summed E-state index contributed by atoms with van der Waals surface area (Å²) in [4.78, 5) is 11.5. The molecule has 1 N–H and O–H groups in total. The first-order valence-corrected chi connectivity index (χ1v) is 13.9. The number of fused-ring (bicyclic) bond motifs is 5. The van der Waals surface area contributed by atoms with Gasteiger partial charge in [-0.25, -0.2) is 0 Å². The molecule has 0 aromatic heterocycles. The molecule has 5 fully saturated rings. The van der Waals surface area contributed by atoms with Crippen molar-refractivity contribution in [2.75, 3.05) is 13.2 Å². The highest BCUT2D eigenvalue weighted by atomic mass is 16.7. The number of hydrogen-bond donors (Lipinski definition) is 1. The van der Waals surface area contributed by atoms with Crippen LogP contribution in [0.5, 0.6) is 0 Å². The summed E-state index contributed by atoms with van der Waals surface area (Å²) in [5, 5.41) is 11.8. The lowest BCUT2D eigenvalue weighted by Gasteiger charge is -2.61. The van der Waals surface area contributed by atoms with Gasteiger partial charge in [-0.05, 0) is 106 Å². The van der Waals surface area contributed by atoms with Crippen molar-refractivity contribution < 1.29 is 24.1 Å². The summed E-state index contributed by atoms with van der Waals surface area (Å²) in [6.45, 7) is 7.48.